The third-order valence-electron chi connectivity index (χ3n) is 13.3. The molecule has 1 aromatic carbocycles. The van der Waals surface area contributed by atoms with E-state index in [0.717, 1.165) is 86.2 Å². The highest BCUT2D eigenvalue weighted by molar-refractivity contribution is 5.89. The van der Waals surface area contributed by atoms with Crippen LogP contribution >= 0.6 is 0 Å². The Balaban J connectivity index is 1.08. The standard InChI is InChI=1S/C43H64O5/c1-7-40(44)47-28-11-9-8-10-27-46-34-18-15-32(16-19-34)41(45)48-35-23-25-42(5)33(29-35)17-20-36-38-22-21-37(31(4)14-12-13-30(2)3)43(38,6)26-24-39(36)42/h7,15-19,30-31,35-39H,1,8-14,20-29H2,2-6H3/t31-,35?,36+,37-,38+,39+,42+,43-/m1/s1. The summed E-state index contributed by atoms with van der Waals surface area (Å²) in [5, 5.41) is 0. The van der Waals surface area contributed by atoms with Crippen molar-refractivity contribution in [1.82, 2.24) is 0 Å². The number of benzene rings is 1. The first-order valence-electron chi connectivity index (χ1n) is 19.5. The topological polar surface area (TPSA) is 61.8 Å². The van der Waals surface area contributed by atoms with Crippen molar-refractivity contribution in [2.24, 2.45) is 46.3 Å². The number of unbranched alkanes of at least 4 members (excludes halogenated alkanes) is 3. The lowest BCUT2D eigenvalue weighted by Crippen LogP contribution is -2.51. The Morgan fingerprint density at radius 1 is 0.896 bits per heavy atom. The third kappa shape index (κ3) is 8.41. The quantitative estimate of drug-likeness (QED) is 0.0764. The molecule has 0 aliphatic heterocycles. The lowest BCUT2D eigenvalue weighted by atomic mass is 9.47. The van der Waals surface area contributed by atoms with Gasteiger partial charge in [-0.05, 0) is 141 Å². The van der Waals surface area contributed by atoms with Gasteiger partial charge in [0, 0.05) is 12.5 Å². The van der Waals surface area contributed by atoms with Crippen molar-refractivity contribution in [3.05, 3.63) is 54.1 Å². The maximum absolute atomic E-state index is 13.2. The van der Waals surface area contributed by atoms with Gasteiger partial charge in [0.2, 0.25) is 0 Å². The Morgan fingerprint density at radius 2 is 1.65 bits per heavy atom. The molecule has 3 fully saturated rings. The van der Waals surface area contributed by atoms with Gasteiger partial charge in [-0.15, -0.1) is 0 Å². The number of hydrogen-bond donors (Lipinski definition) is 0. The number of ether oxygens (including phenoxy) is 3. The molecule has 5 rings (SSSR count). The fourth-order valence-electron chi connectivity index (χ4n) is 10.6. The maximum atomic E-state index is 13.2. The summed E-state index contributed by atoms with van der Waals surface area (Å²) in [7, 11) is 0. The molecule has 3 saturated carbocycles. The van der Waals surface area contributed by atoms with Crippen LogP contribution in [0, 0.1) is 46.3 Å². The van der Waals surface area contributed by atoms with Crippen molar-refractivity contribution < 1.29 is 23.8 Å². The lowest BCUT2D eigenvalue weighted by Gasteiger charge is -2.58. The fraction of sp³-hybridized carbons (Fsp3) is 0.721. The number of fused-ring (bicyclic) bond motifs is 5. The average Bonchev–Trinajstić information content (AvgIpc) is 3.43. The Hall–Kier alpha value is -2.56. The number of esters is 2. The zero-order valence-electron chi connectivity index (χ0n) is 30.8. The van der Waals surface area contributed by atoms with Crippen LogP contribution in [0.3, 0.4) is 0 Å². The highest BCUT2D eigenvalue weighted by Crippen LogP contribution is 2.67. The molecular formula is C43H64O5. The van der Waals surface area contributed by atoms with Crippen LogP contribution in [-0.2, 0) is 14.3 Å². The predicted molar refractivity (Wildman–Crippen MR) is 194 cm³/mol. The SMILES string of the molecule is C=CC(=O)OCCCCCCOc1ccc(C(=O)OC2CC[C@@]3(C)C(=CC[C@H]4[C@@H]5CC[C@H]([C@H](C)CCCC(C)C)[C@@]5(C)CC[C@@H]43)C2)cc1. The van der Waals surface area contributed by atoms with Gasteiger partial charge in [-0.25, -0.2) is 9.59 Å². The first-order valence-corrected chi connectivity index (χ1v) is 19.5. The van der Waals surface area contributed by atoms with Gasteiger partial charge in [0.1, 0.15) is 11.9 Å². The number of rotatable bonds is 16. The van der Waals surface area contributed by atoms with Crippen LogP contribution in [0.15, 0.2) is 48.6 Å². The molecule has 0 amide bonds. The number of carbonyl (C=O) groups is 2. The minimum atomic E-state index is -0.367. The van der Waals surface area contributed by atoms with Gasteiger partial charge < -0.3 is 14.2 Å². The highest BCUT2D eigenvalue weighted by atomic mass is 16.5. The predicted octanol–water partition coefficient (Wildman–Crippen LogP) is 10.9. The second-order valence-electron chi connectivity index (χ2n) is 16.7. The zero-order chi connectivity index (χ0) is 34.3. The van der Waals surface area contributed by atoms with Gasteiger partial charge in [-0.2, -0.15) is 0 Å². The first-order chi connectivity index (χ1) is 23.0. The largest absolute Gasteiger partial charge is 0.494 e. The monoisotopic (exact) mass is 660 g/mol. The van der Waals surface area contributed by atoms with E-state index in [-0.39, 0.29) is 23.5 Å². The van der Waals surface area contributed by atoms with E-state index >= 15 is 0 Å². The number of hydrogen-bond acceptors (Lipinski definition) is 5. The van der Waals surface area contributed by atoms with Crippen molar-refractivity contribution in [3.8, 4) is 5.75 Å². The maximum Gasteiger partial charge on any atom is 0.338 e. The number of allylic oxidation sites excluding steroid dienone is 1. The molecular weight excluding hydrogens is 596 g/mol. The summed E-state index contributed by atoms with van der Waals surface area (Å²) in [6.07, 6.45) is 21.5. The van der Waals surface area contributed by atoms with Crippen LogP contribution in [-0.4, -0.2) is 31.3 Å². The molecule has 5 nitrogen and oxygen atoms in total. The Morgan fingerprint density at radius 3 is 2.38 bits per heavy atom. The van der Waals surface area contributed by atoms with Crippen molar-refractivity contribution in [2.75, 3.05) is 13.2 Å². The molecule has 48 heavy (non-hydrogen) atoms. The molecule has 1 aromatic rings. The first kappa shape index (κ1) is 36.7. The van der Waals surface area contributed by atoms with Crippen molar-refractivity contribution >= 4 is 11.9 Å². The summed E-state index contributed by atoms with van der Waals surface area (Å²) in [5.41, 5.74) is 2.92. The molecule has 0 aromatic heterocycles. The van der Waals surface area contributed by atoms with E-state index in [4.69, 9.17) is 14.2 Å². The zero-order valence-corrected chi connectivity index (χ0v) is 30.8. The van der Waals surface area contributed by atoms with Gasteiger partial charge in [-0.1, -0.05) is 72.1 Å². The van der Waals surface area contributed by atoms with Gasteiger partial charge in [0.05, 0.1) is 18.8 Å². The van der Waals surface area contributed by atoms with Crippen LogP contribution in [0.2, 0.25) is 0 Å². The van der Waals surface area contributed by atoms with E-state index in [0.29, 0.717) is 24.2 Å². The van der Waals surface area contributed by atoms with Gasteiger partial charge in [0.15, 0.2) is 0 Å². The van der Waals surface area contributed by atoms with Crippen LogP contribution in [0.25, 0.3) is 0 Å². The van der Waals surface area contributed by atoms with Gasteiger partial charge in [0.25, 0.3) is 0 Å². The van der Waals surface area contributed by atoms with Crippen molar-refractivity contribution in [3.63, 3.8) is 0 Å². The summed E-state index contributed by atoms with van der Waals surface area (Å²) < 4.78 is 17.0. The molecule has 0 heterocycles. The summed E-state index contributed by atoms with van der Waals surface area (Å²) in [6.45, 7) is 17.0. The van der Waals surface area contributed by atoms with Gasteiger partial charge >= 0.3 is 11.9 Å². The minimum Gasteiger partial charge on any atom is -0.494 e. The molecule has 5 heteroatoms. The Kier molecular flexibility index (Phi) is 12.6. The molecule has 8 atom stereocenters. The summed E-state index contributed by atoms with van der Waals surface area (Å²) in [4.78, 5) is 24.2. The lowest BCUT2D eigenvalue weighted by molar-refractivity contribution is -0.137. The molecule has 0 radical (unpaired) electrons. The molecule has 4 aliphatic rings. The summed E-state index contributed by atoms with van der Waals surface area (Å²) in [5.74, 6) is 5.18. The molecule has 0 saturated heterocycles. The molecule has 1 unspecified atom stereocenters. The molecule has 0 spiro atoms. The van der Waals surface area contributed by atoms with Crippen LogP contribution in [0.5, 0.6) is 5.75 Å². The van der Waals surface area contributed by atoms with Crippen LogP contribution < -0.4 is 4.74 Å². The van der Waals surface area contributed by atoms with E-state index in [2.05, 4.69) is 47.3 Å². The van der Waals surface area contributed by atoms with E-state index < -0.39 is 0 Å². The molecule has 0 bridgehead atoms. The second kappa shape index (κ2) is 16.4. The van der Waals surface area contributed by atoms with E-state index in [1.807, 2.05) is 24.3 Å². The van der Waals surface area contributed by atoms with E-state index in [9.17, 15) is 9.59 Å². The fourth-order valence-corrected chi connectivity index (χ4v) is 10.6. The third-order valence-corrected chi connectivity index (χ3v) is 13.3. The minimum absolute atomic E-state index is 0.0407. The van der Waals surface area contributed by atoms with Gasteiger partial charge in [-0.3, -0.25) is 0 Å². The molecule has 4 aliphatic carbocycles. The second-order valence-corrected chi connectivity index (χ2v) is 16.7. The van der Waals surface area contributed by atoms with Crippen LogP contribution in [0.1, 0.15) is 141 Å². The molecule has 266 valence electrons. The number of carbonyl (C=O) groups excluding carboxylic acids is 2. The van der Waals surface area contributed by atoms with E-state index in [1.165, 1.54) is 57.4 Å². The summed E-state index contributed by atoms with van der Waals surface area (Å²) in [6, 6.07) is 7.37. The van der Waals surface area contributed by atoms with Crippen molar-refractivity contribution in [2.45, 2.75) is 137 Å². The average molecular weight is 661 g/mol. The molecule has 0 N–H and O–H groups in total. The van der Waals surface area contributed by atoms with E-state index in [1.54, 1.807) is 5.57 Å². The van der Waals surface area contributed by atoms with Crippen molar-refractivity contribution in [1.29, 1.82) is 0 Å². The highest BCUT2D eigenvalue weighted by Gasteiger charge is 2.59. The normalized spacial score (nSPS) is 31.5. The Labute approximate surface area is 291 Å². The summed E-state index contributed by atoms with van der Waals surface area (Å²) >= 11 is 0. The smallest absolute Gasteiger partial charge is 0.338 e. The van der Waals surface area contributed by atoms with Crippen LogP contribution in [0.4, 0.5) is 0 Å². The Bertz CT molecular complexity index is 1260.